The zero-order valence-electron chi connectivity index (χ0n) is 9.02. The highest BCUT2D eigenvalue weighted by atomic mass is 32.2. The maximum absolute atomic E-state index is 6.06. The van der Waals surface area contributed by atoms with Gasteiger partial charge in [-0.1, -0.05) is 12.8 Å². The van der Waals surface area contributed by atoms with Gasteiger partial charge in [0.25, 0.3) is 0 Å². The summed E-state index contributed by atoms with van der Waals surface area (Å²) >= 11 is 2.05. The van der Waals surface area contributed by atoms with E-state index in [4.69, 9.17) is 10.2 Å². The monoisotopic (exact) mass is 225 g/mol. The number of hydrogen-bond acceptors (Lipinski definition) is 3. The lowest BCUT2D eigenvalue weighted by Gasteiger charge is -2.13. The van der Waals surface area contributed by atoms with Crippen molar-refractivity contribution in [2.75, 3.05) is 5.75 Å². The minimum atomic E-state index is 0.238. The Hall–Kier alpha value is -0.410. The maximum Gasteiger partial charge on any atom is 0.105 e. The van der Waals surface area contributed by atoms with E-state index >= 15 is 0 Å². The first-order valence-electron chi connectivity index (χ1n) is 5.74. The van der Waals surface area contributed by atoms with Crippen molar-refractivity contribution in [3.05, 3.63) is 24.2 Å². The summed E-state index contributed by atoms with van der Waals surface area (Å²) in [6.45, 7) is 0. The zero-order valence-corrected chi connectivity index (χ0v) is 9.84. The van der Waals surface area contributed by atoms with Gasteiger partial charge in [-0.15, -0.1) is 0 Å². The molecule has 0 amide bonds. The molecule has 0 aliphatic heterocycles. The third-order valence-electron chi connectivity index (χ3n) is 2.89. The van der Waals surface area contributed by atoms with Crippen LogP contribution in [0.1, 0.15) is 31.4 Å². The van der Waals surface area contributed by atoms with Crippen molar-refractivity contribution in [2.24, 2.45) is 5.73 Å². The lowest BCUT2D eigenvalue weighted by Crippen LogP contribution is -2.26. The van der Waals surface area contributed by atoms with Crippen LogP contribution in [0.2, 0.25) is 0 Å². The second kappa shape index (κ2) is 5.61. The van der Waals surface area contributed by atoms with E-state index in [1.807, 2.05) is 23.9 Å². The molecule has 2 rings (SSSR count). The number of rotatable bonds is 5. The van der Waals surface area contributed by atoms with E-state index in [2.05, 4.69) is 0 Å². The molecule has 1 aromatic heterocycles. The van der Waals surface area contributed by atoms with Crippen LogP contribution in [-0.4, -0.2) is 17.0 Å². The Labute approximate surface area is 95.6 Å². The Morgan fingerprint density at radius 2 is 2.27 bits per heavy atom. The summed E-state index contributed by atoms with van der Waals surface area (Å²) in [5, 5.41) is 0.868. The molecule has 1 unspecified atom stereocenters. The van der Waals surface area contributed by atoms with Gasteiger partial charge in [0.1, 0.15) is 5.76 Å². The van der Waals surface area contributed by atoms with Crippen LogP contribution in [0, 0.1) is 0 Å². The first kappa shape index (κ1) is 11.1. The predicted molar refractivity (Wildman–Crippen MR) is 65.1 cm³/mol. The number of thioether (sulfide) groups is 1. The molecule has 1 heterocycles. The summed E-state index contributed by atoms with van der Waals surface area (Å²) in [6, 6.07) is 4.16. The van der Waals surface area contributed by atoms with Crippen LogP contribution in [0.4, 0.5) is 0 Å². The molecule has 1 aliphatic rings. The molecule has 0 saturated heterocycles. The Morgan fingerprint density at radius 1 is 1.47 bits per heavy atom. The Balaban J connectivity index is 1.66. The second-order valence-electron chi connectivity index (χ2n) is 4.28. The summed E-state index contributed by atoms with van der Waals surface area (Å²) in [5.41, 5.74) is 6.06. The van der Waals surface area contributed by atoms with Crippen LogP contribution < -0.4 is 5.73 Å². The van der Waals surface area contributed by atoms with E-state index in [-0.39, 0.29) is 6.04 Å². The van der Waals surface area contributed by atoms with Gasteiger partial charge in [0.05, 0.1) is 6.26 Å². The van der Waals surface area contributed by atoms with Crippen molar-refractivity contribution < 1.29 is 4.42 Å². The van der Waals surface area contributed by atoms with Crippen molar-refractivity contribution in [1.82, 2.24) is 0 Å². The van der Waals surface area contributed by atoms with E-state index < -0.39 is 0 Å². The highest BCUT2D eigenvalue weighted by molar-refractivity contribution is 7.99. The summed E-state index contributed by atoms with van der Waals surface area (Å²) < 4.78 is 5.29. The Bertz CT molecular complexity index is 267. The average Bonchev–Trinajstić information content (AvgIpc) is 2.86. The highest BCUT2D eigenvalue weighted by Gasteiger charge is 2.16. The molecule has 0 bridgehead atoms. The molecule has 84 valence electrons. The molecule has 2 nitrogen and oxygen atoms in total. The predicted octanol–water partition coefficient (Wildman–Crippen LogP) is 2.83. The fraction of sp³-hybridized carbons (Fsp3) is 0.667. The molecular weight excluding hydrogens is 206 g/mol. The Kier molecular flexibility index (Phi) is 4.15. The third kappa shape index (κ3) is 3.58. The van der Waals surface area contributed by atoms with Gasteiger partial charge in [0.2, 0.25) is 0 Å². The van der Waals surface area contributed by atoms with Crippen LogP contribution in [0.25, 0.3) is 0 Å². The molecule has 15 heavy (non-hydrogen) atoms. The minimum Gasteiger partial charge on any atom is -0.469 e. The van der Waals surface area contributed by atoms with E-state index in [1.54, 1.807) is 6.26 Å². The van der Waals surface area contributed by atoms with Crippen molar-refractivity contribution in [2.45, 2.75) is 43.4 Å². The van der Waals surface area contributed by atoms with E-state index in [9.17, 15) is 0 Å². The molecule has 1 fully saturated rings. The van der Waals surface area contributed by atoms with Crippen LogP contribution in [0.5, 0.6) is 0 Å². The lowest BCUT2D eigenvalue weighted by molar-refractivity contribution is 0.493. The van der Waals surface area contributed by atoms with Gasteiger partial charge in [-0.3, -0.25) is 0 Å². The minimum absolute atomic E-state index is 0.238. The Morgan fingerprint density at radius 3 is 2.93 bits per heavy atom. The number of furan rings is 1. The third-order valence-corrected chi connectivity index (χ3v) is 4.46. The van der Waals surface area contributed by atoms with Crippen molar-refractivity contribution in [3.63, 3.8) is 0 Å². The van der Waals surface area contributed by atoms with Crippen molar-refractivity contribution in [1.29, 1.82) is 0 Å². The van der Waals surface area contributed by atoms with Crippen LogP contribution in [0.15, 0.2) is 22.8 Å². The maximum atomic E-state index is 6.06. The standard InChI is InChI=1S/C12H19NOS/c13-10(8-11-4-3-7-14-11)9-15-12-5-1-2-6-12/h3-4,7,10,12H,1-2,5-6,8-9,13H2. The highest BCUT2D eigenvalue weighted by Crippen LogP contribution is 2.29. The van der Waals surface area contributed by atoms with Crippen LogP contribution in [-0.2, 0) is 6.42 Å². The zero-order chi connectivity index (χ0) is 10.5. The van der Waals surface area contributed by atoms with E-state index in [1.165, 1.54) is 25.7 Å². The lowest BCUT2D eigenvalue weighted by atomic mass is 10.2. The van der Waals surface area contributed by atoms with Gasteiger partial charge in [-0.05, 0) is 25.0 Å². The fourth-order valence-corrected chi connectivity index (χ4v) is 3.36. The molecule has 0 aromatic carbocycles. The van der Waals surface area contributed by atoms with Crippen molar-refractivity contribution in [3.8, 4) is 0 Å². The largest absolute Gasteiger partial charge is 0.469 e. The molecule has 1 saturated carbocycles. The van der Waals surface area contributed by atoms with E-state index in [0.29, 0.717) is 0 Å². The summed E-state index contributed by atoms with van der Waals surface area (Å²) in [6.07, 6.45) is 8.17. The molecule has 1 aliphatic carbocycles. The van der Waals surface area contributed by atoms with E-state index in [0.717, 1.165) is 23.2 Å². The number of nitrogens with two attached hydrogens (primary N) is 1. The van der Waals surface area contributed by atoms with Gasteiger partial charge >= 0.3 is 0 Å². The summed E-state index contributed by atoms with van der Waals surface area (Å²) in [4.78, 5) is 0. The van der Waals surface area contributed by atoms with Crippen molar-refractivity contribution >= 4 is 11.8 Å². The molecule has 1 aromatic rings. The molecule has 1 atom stereocenters. The second-order valence-corrected chi connectivity index (χ2v) is 5.62. The molecule has 3 heteroatoms. The van der Waals surface area contributed by atoms with Gasteiger partial charge in [0.15, 0.2) is 0 Å². The first-order chi connectivity index (χ1) is 7.34. The quantitative estimate of drug-likeness (QED) is 0.837. The number of hydrogen-bond donors (Lipinski definition) is 1. The summed E-state index contributed by atoms with van der Waals surface area (Å²) in [5.74, 6) is 2.07. The van der Waals surface area contributed by atoms with Gasteiger partial charge in [-0.25, -0.2) is 0 Å². The molecule has 0 spiro atoms. The normalized spacial score (nSPS) is 19.5. The van der Waals surface area contributed by atoms with Gasteiger partial charge in [0, 0.05) is 23.5 Å². The SMILES string of the molecule is NC(CSC1CCCC1)Cc1ccco1. The average molecular weight is 225 g/mol. The first-order valence-corrected chi connectivity index (χ1v) is 6.79. The molecule has 0 radical (unpaired) electrons. The summed E-state index contributed by atoms with van der Waals surface area (Å²) in [7, 11) is 0. The topological polar surface area (TPSA) is 39.2 Å². The smallest absolute Gasteiger partial charge is 0.105 e. The van der Waals surface area contributed by atoms with Gasteiger partial charge in [-0.2, -0.15) is 11.8 Å². The van der Waals surface area contributed by atoms with Crippen LogP contribution in [0.3, 0.4) is 0 Å². The van der Waals surface area contributed by atoms with Gasteiger partial charge < -0.3 is 10.2 Å². The fourth-order valence-electron chi connectivity index (χ4n) is 2.06. The molecular formula is C12H19NOS. The van der Waals surface area contributed by atoms with Crippen LogP contribution >= 0.6 is 11.8 Å². The molecule has 2 N–H and O–H groups in total.